The summed E-state index contributed by atoms with van der Waals surface area (Å²) in [6.07, 6.45) is 10.6. The maximum Gasteiger partial charge on any atom is 0.329 e. The number of aliphatic hydroxyl groups is 2. The number of ether oxygens (including phenoxy) is 6. The first-order valence-electron chi connectivity index (χ1n) is 26.4. The fourth-order valence-corrected chi connectivity index (χ4v) is 12.0. The van der Waals surface area contributed by atoms with E-state index in [1.165, 1.54) is 25.8 Å². The Labute approximate surface area is 434 Å². The number of hydrogen-bond donors (Lipinski definition) is 2. The van der Waals surface area contributed by atoms with Gasteiger partial charge in [0.05, 0.1) is 37.6 Å². The third kappa shape index (κ3) is 17.7. The van der Waals surface area contributed by atoms with E-state index in [2.05, 4.69) is 0 Å². The zero-order valence-corrected chi connectivity index (χ0v) is 46.6. The van der Waals surface area contributed by atoms with Gasteiger partial charge in [-0.1, -0.05) is 71.1 Å². The summed E-state index contributed by atoms with van der Waals surface area (Å²) >= 11 is 0. The summed E-state index contributed by atoms with van der Waals surface area (Å²) in [4.78, 5) is 72.5. The number of Topliss-reactive ketones (excluding diaryl/α,β-unsaturated/α-hetero) is 3. The van der Waals surface area contributed by atoms with Gasteiger partial charge >= 0.3 is 13.6 Å². The Bertz CT molecular complexity index is 2020. The normalized spacial score (nSPS) is 38.2. The van der Waals surface area contributed by atoms with Gasteiger partial charge in [0.2, 0.25) is 5.79 Å². The lowest BCUT2D eigenvalue weighted by atomic mass is 9.78. The van der Waals surface area contributed by atoms with E-state index in [1.54, 1.807) is 41.1 Å². The molecule has 0 spiro atoms. The Balaban J connectivity index is 1.68. The molecule has 3 heterocycles. The Morgan fingerprint density at radius 1 is 0.849 bits per heavy atom. The van der Waals surface area contributed by atoms with E-state index in [-0.39, 0.29) is 56.0 Å². The first-order valence-corrected chi connectivity index (χ1v) is 28.4. The second-order valence-corrected chi connectivity index (χ2v) is 23.3. The molecule has 414 valence electrons. The van der Waals surface area contributed by atoms with Gasteiger partial charge in [-0.2, -0.15) is 0 Å². The van der Waals surface area contributed by atoms with Gasteiger partial charge in [0, 0.05) is 72.2 Å². The number of carbonyl (C=O) groups is 5. The summed E-state index contributed by atoms with van der Waals surface area (Å²) in [7, 11) is 2.60. The van der Waals surface area contributed by atoms with Gasteiger partial charge in [-0.25, -0.2) is 4.79 Å². The van der Waals surface area contributed by atoms with E-state index in [0.717, 1.165) is 5.57 Å². The number of cyclic esters (lactones) is 1. The van der Waals surface area contributed by atoms with Crippen molar-refractivity contribution in [2.24, 2.45) is 35.5 Å². The van der Waals surface area contributed by atoms with Crippen molar-refractivity contribution in [1.29, 1.82) is 0 Å². The second-order valence-electron chi connectivity index (χ2n) is 21.3. The zero-order valence-electron chi connectivity index (χ0n) is 45.7. The van der Waals surface area contributed by atoms with Crippen molar-refractivity contribution in [3.63, 3.8) is 0 Å². The molecule has 0 radical (unpaired) electrons. The van der Waals surface area contributed by atoms with E-state index in [0.29, 0.717) is 69.8 Å². The minimum absolute atomic E-state index is 0.00279. The average molecular weight is 1050 g/mol. The van der Waals surface area contributed by atoms with Crippen LogP contribution >= 0.6 is 7.60 Å². The molecular weight excluding hydrogens is 962 g/mol. The molecule has 1 amide bonds. The number of amides is 1. The third-order valence-electron chi connectivity index (χ3n) is 15.4. The fourth-order valence-electron chi connectivity index (χ4n) is 10.8. The van der Waals surface area contributed by atoms with Crippen molar-refractivity contribution >= 4 is 36.8 Å². The Kier molecular flexibility index (Phi) is 25.0. The van der Waals surface area contributed by atoms with Gasteiger partial charge in [0.1, 0.15) is 30.1 Å². The van der Waals surface area contributed by atoms with Crippen LogP contribution in [-0.2, 0) is 66.0 Å². The van der Waals surface area contributed by atoms with Crippen LogP contribution in [0.3, 0.4) is 0 Å². The summed E-state index contributed by atoms with van der Waals surface area (Å²) < 4.78 is 59.5. The molecular formula is C55H88NO16P. The quantitative estimate of drug-likeness (QED) is 0.0629. The summed E-state index contributed by atoms with van der Waals surface area (Å²) in [5, 5.41) is 23.5. The molecule has 4 aliphatic rings. The molecule has 2 saturated heterocycles. The van der Waals surface area contributed by atoms with Crippen molar-refractivity contribution < 1.29 is 76.2 Å². The number of carbonyl (C=O) groups excluding carboxylic acids is 5. The Morgan fingerprint density at radius 3 is 2.25 bits per heavy atom. The van der Waals surface area contributed by atoms with E-state index in [9.17, 15) is 38.8 Å². The molecule has 3 unspecified atom stereocenters. The van der Waals surface area contributed by atoms with Crippen molar-refractivity contribution in [1.82, 2.24) is 4.90 Å². The van der Waals surface area contributed by atoms with Crippen LogP contribution in [-0.4, -0.2) is 154 Å². The number of hydrogen-bond acceptors (Lipinski definition) is 16. The number of nitrogens with zero attached hydrogens (tertiary/aromatic N) is 1. The summed E-state index contributed by atoms with van der Waals surface area (Å²) in [6, 6.07) is -1.18. The number of methoxy groups -OCH3 is 4. The van der Waals surface area contributed by atoms with Crippen LogP contribution in [0, 0.1) is 35.5 Å². The SMILES string of the molecule is COCCOP(C)(=O)O[C@@H]1CC[C@@H](C[C@@H](C)[C@@H]2CC(=O)[C@H](C)/C=C(\C)[C@@H](O)[C@@H](OC)C(=O)[C@H](C)C[C@H](C)/C=C/C=C/C=C(\C)[C@@H](OC)C[C@@H]3CC[C@@H](C)C(O)(O3)C(=O)C(=O)N3CCCCC3C(=O)O2)C[C@H]1OC. The van der Waals surface area contributed by atoms with Gasteiger partial charge in [-0.3, -0.25) is 23.7 Å². The molecule has 73 heavy (non-hydrogen) atoms. The number of ketones is 3. The highest BCUT2D eigenvalue weighted by Crippen LogP contribution is 2.48. The predicted octanol–water partition coefficient (Wildman–Crippen LogP) is 7.69. The molecule has 16 atom stereocenters. The number of fused-ring (bicyclic) bond motifs is 3. The smallest absolute Gasteiger partial charge is 0.329 e. The van der Waals surface area contributed by atoms with Crippen LogP contribution in [0.15, 0.2) is 47.6 Å². The lowest BCUT2D eigenvalue weighted by Gasteiger charge is -2.42. The number of rotatable bonds is 12. The second kappa shape index (κ2) is 29.3. The van der Waals surface area contributed by atoms with Crippen molar-refractivity contribution in [2.75, 3.05) is 54.9 Å². The van der Waals surface area contributed by atoms with E-state index in [1.807, 2.05) is 58.1 Å². The van der Waals surface area contributed by atoms with Crippen LogP contribution in [0.25, 0.3) is 0 Å². The molecule has 18 heteroatoms. The minimum atomic E-state index is -3.43. The molecule has 1 aliphatic carbocycles. The molecule has 2 N–H and O–H groups in total. The monoisotopic (exact) mass is 1050 g/mol. The topological polar surface area (TPSA) is 220 Å². The lowest BCUT2D eigenvalue weighted by molar-refractivity contribution is -0.265. The van der Waals surface area contributed by atoms with Gasteiger partial charge in [0.25, 0.3) is 11.7 Å². The molecule has 3 fully saturated rings. The largest absolute Gasteiger partial charge is 0.460 e. The predicted molar refractivity (Wildman–Crippen MR) is 275 cm³/mol. The maximum atomic E-state index is 14.6. The maximum absolute atomic E-state index is 14.6. The Hall–Kier alpha value is -3.22. The first kappa shape index (κ1) is 62.3. The highest BCUT2D eigenvalue weighted by Gasteiger charge is 2.53. The molecule has 0 aromatic rings. The molecule has 4 rings (SSSR count). The third-order valence-corrected chi connectivity index (χ3v) is 16.7. The lowest BCUT2D eigenvalue weighted by Crippen LogP contribution is -2.61. The fraction of sp³-hybridized carbons (Fsp3) is 0.764. The van der Waals surface area contributed by atoms with Gasteiger partial charge in [0.15, 0.2) is 5.78 Å². The number of allylic oxidation sites excluding steroid dienone is 6. The molecule has 3 aliphatic heterocycles. The number of piperidine rings is 1. The van der Waals surface area contributed by atoms with Crippen LogP contribution in [0.5, 0.6) is 0 Å². The van der Waals surface area contributed by atoms with Crippen molar-refractivity contribution in [3.05, 3.63) is 47.6 Å². The summed E-state index contributed by atoms with van der Waals surface area (Å²) in [5.74, 6) is -8.35. The number of aliphatic hydroxyl groups excluding tert-OH is 1. The van der Waals surface area contributed by atoms with Crippen LogP contribution < -0.4 is 0 Å². The molecule has 2 bridgehead atoms. The molecule has 0 aromatic heterocycles. The van der Waals surface area contributed by atoms with E-state index in [4.69, 9.17) is 37.5 Å². The van der Waals surface area contributed by atoms with Crippen molar-refractivity contribution in [3.8, 4) is 0 Å². The van der Waals surface area contributed by atoms with Crippen LogP contribution in [0.2, 0.25) is 0 Å². The van der Waals surface area contributed by atoms with E-state index < -0.39 is 103 Å². The molecule has 0 aromatic carbocycles. The highest BCUT2D eigenvalue weighted by atomic mass is 31.2. The van der Waals surface area contributed by atoms with Crippen molar-refractivity contribution in [2.45, 2.75) is 180 Å². The van der Waals surface area contributed by atoms with Gasteiger partial charge in [-0.15, -0.1) is 0 Å². The van der Waals surface area contributed by atoms with Gasteiger partial charge in [-0.05, 0) is 107 Å². The highest BCUT2D eigenvalue weighted by molar-refractivity contribution is 7.53. The van der Waals surface area contributed by atoms with Crippen LogP contribution in [0.4, 0.5) is 0 Å². The van der Waals surface area contributed by atoms with Crippen LogP contribution in [0.1, 0.15) is 126 Å². The average Bonchev–Trinajstić information content (AvgIpc) is 3.35. The van der Waals surface area contributed by atoms with Gasteiger partial charge < -0.3 is 52.6 Å². The standard InChI is InChI=1S/C55H88NO16P/c1-34-18-14-13-15-19-35(2)46(66-9)32-42-23-21-40(7)55(63,71-42)52(60)53(61)56-25-17-16-20-43(56)54(62)70-47(33-44(57)36(3)29-39(6)50(59)51(68-11)49(58)38(5)28-34)37(4)30-41-22-24-45(48(31-41)67-10)72-73(12,64)69-27-26-65-8/h13-15,18-19,29,34,36-38,40-43,45-48,50-51,59,63H,16-17,20-28,30-33H2,1-12H3/b15-13+,18-14+,35-19+,39-29+/t34-,36-,37-,38-,40-,41+,42+,43?,45-,46+,47+,48-,50-,51+,55?,73?/m1/s1. The molecule has 1 saturated carbocycles. The molecule has 17 nitrogen and oxygen atoms in total. The Morgan fingerprint density at radius 2 is 1.58 bits per heavy atom. The summed E-state index contributed by atoms with van der Waals surface area (Å²) in [5.41, 5.74) is 1.24. The summed E-state index contributed by atoms with van der Waals surface area (Å²) in [6.45, 7) is 14.5. The van der Waals surface area contributed by atoms with E-state index >= 15 is 0 Å². The number of esters is 1. The zero-order chi connectivity index (χ0) is 54.2. The minimum Gasteiger partial charge on any atom is -0.460 e. The first-order chi connectivity index (χ1) is 34.5.